The second kappa shape index (κ2) is 5.38. The third-order valence-corrected chi connectivity index (χ3v) is 5.11. The van der Waals surface area contributed by atoms with Crippen LogP contribution in [0.25, 0.3) is 0 Å². The number of carbonyl (C=O) groups is 1. The van der Waals surface area contributed by atoms with Gasteiger partial charge in [0.1, 0.15) is 0 Å². The molecular weight excluding hydrogens is 272 g/mol. The van der Waals surface area contributed by atoms with Crippen molar-refractivity contribution in [3.05, 3.63) is 34.9 Å². The predicted octanol–water partition coefficient (Wildman–Crippen LogP) is 2.62. The summed E-state index contributed by atoms with van der Waals surface area (Å²) in [5.41, 5.74) is 6.56. The molecule has 20 heavy (non-hydrogen) atoms. The molecule has 2 saturated carbocycles. The highest BCUT2D eigenvalue weighted by atomic mass is 35.5. The van der Waals surface area contributed by atoms with E-state index in [4.69, 9.17) is 17.3 Å². The lowest BCUT2D eigenvalue weighted by Crippen LogP contribution is -2.44. The van der Waals surface area contributed by atoms with Crippen LogP contribution in [0.5, 0.6) is 0 Å². The van der Waals surface area contributed by atoms with Gasteiger partial charge >= 0.3 is 0 Å². The van der Waals surface area contributed by atoms with E-state index < -0.39 is 0 Å². The number of nitrogens with one attached hydrogen (secondary N) is 1. The van der Waals surface area contributed by atoms with E-state index in [9.17, 15) is 4.79 Å². The molecule has 0 saturated heterocycles. The molecule has 1 amide bonds. The van der Waals surface area contributed by atoms with Crippen molar-refractivity contribution in [2.24, 2.45) is 11.7 Å². The van der Waals surface area contributed by atoms with E-state index in [0.717, 1.165) is 31.2 Å². The Morgan fingerprint density at radius 3 is 2.60 bits per heavy atom. The molecule has 2 aliphatic rings. The van der Waals surface area contributed by atoms with Crippen LogP contribution in [0.15, 0.2) is 24.3 Å². The summed E-state index contributed by atoms with van der Waals surface area (Å²) in [6.45, 7) is 0.666. The van der Waals surface area contributed by atoms with Crippen LogP contribution in [0.1, 0.15) is 37.7 Å². The highest BCUT2D eigenvalue weighted by molar-refractivity contribution is 6.30. The fourth-order valence-corrected chi connectivity index (χ4v) is 3.48. The molecule has 0 radical (unpaired) electrons. The minimum atomic E-state index is -0.313. The Morgan fingerprint density at radius 1 is 1.30 bits per heavy atom. The summed E-state index contributed by atoms with van der Waals surface area (Å²) < 4.78 is 0. The minimum absolute atomic E-state index is 0.171. The van der Waals surface area contributed by atoms with Gasteiger partial charge < -0.3 is 11.1 Å². The zero-order valence-electron chi connectivity index (χ0n) is 11.6. The molecule has 3 N–H and O–H groups in total. The molecule has 0 heterocycles. The first-order valence-electron chi connectivity index (χ1n) is 7.43. The smallest absolute Gasteiger partial charge is 0.230 e. The predicted molar refractivity (Wildman–Crippen MR) is 80.7 cm³/mol. The first kappa shape index (κ1) is 13.9. The van der Waals surface area contributed by atoms with Crippen molar-refractivity contribution in [1.29, 1.82) is 0 Å². The second-order valence-corrected chi connectivity index (χ2v) is 6.53. The van der Waals surface area contributed by atoms with Crippen LogP contribution in [0.2, 0.25) is 5.02 Å². The van der Waals surface area contributed by atoms with Crippen molar-refractivity contribution < 1.29 is 4.79 Å². The van der Waals surface area contributed by atoms with E-state index >= 15 is 0 Å². The number of hydrogen-bond acceptors (Lipinski definition) is 2. The van der Waals surface area contributed by atoms with E-state index in [-0.39, 0.29) is 17.4 Å². The molecule has 0 aliphatic heterocycles. The van der Waals surface area contributed by atoms with Crippen molar-refractivity contribution in [2.75, 3.05) is 6.54 Å². The summed E-state index contributed by atoms with van der Waals surface area (Å²) >= 11 is 5.92. The SMILES string of the molecule is NCC1CCCC1NC(=O)C1(c2ccc(Cl)cc2)CC1. The molecule has 2 unspecified atom stereocenters. The number of nitrogens with two attached hydrogens (primary N) is 1. The molecular formula is C16H21ClN2O. The summed E-state index contributed by atoms with van der Waals surface area (Å²) in [5, 5.41) is 3.96. The topological polar surface area (TPSA) is 55.1 Å². The molecule has 0 aromatic heterocycles. The van der Waals surface area contributed by atoms with Crippen LogP contribution in [0, 0.1) is 5.92 Å². The molecule has 4 heteroatoms. The van der Waals surface area contributed by atoms with Crippen LogP contribution in [0.3, 0.4) is 0 Å². The Balaban J connectivity index is 1.72. The molecule has 1 aromatic rings. The maximum atomic E-state index is 12.6. The Kier molecular flexibility index (Phi) is 3.74. The monoisotopic (exact) mass is 292 g/mol. The number of hydrogen-bond donors (Lipinski definition) is 2. The highest BCUT2D eigenvalue weighted by Crippen LogP contribution is 2.49. The number of rotatable bonds is 4. The van der Waals surface area contributed by atoms with E-state index in [1.54, 1.807) is 0 Å². The zero-order chi connectivity index (χ0) is 14.2. The number of halogens is 1. The molecule has 0 spiro atoms. The quantitative estimate of drug-likeness (QED) is 0.896. The number of carbonyl (C=O) groups excluding carboxylic acids is 1. The van der Waals surface area contributed by atoms with Gasteiger partial charge in [-0.15, -0.1) is 0 Å². The molecule has 2 atom stereocenters. The lowest BCUT2D eigenvalue weighted by atomic mass is 9.94. The van der Waals surface area contributed by atoms with E-state index in [1.807, 2.05) is 24.3 Å². The summed E-state index contributed by atoms with van der Waals surface area (Å²) in [5.74, 6) is 0.616. The van der Waals surface area contributed by atoms with Crippen molar-refractivity contribution in [3.63, 3.8) is 0 Å². The lowest BCUT2D eigenvalue weighted by Gasteiger charge is -2.23. The Bertz CT molecular complexity index is 496. The van der Waals surface area contributed by atoms with Crippen molar-refractivity contribution in [1.82, 2.24) is 5.32 Å². The average molecular weight is 293 g/mol. The van der Waals surface area contributed by atoms with Gasteiger partial charge in [0, 0.05) is 11.1 Å². The van der Waals surface area contributed by atoms with Crippen LogP contribution in [0.4, 0.5) is 0 Å². The Labute approximate surface area is 124 Å². The van der Waals surface area contributed by atoms with Gasteiger partial charge in [-0.05, 0) is 55.8 Å². The molecule has 0 bridgehead atoms. The number of amides is 1. The van der Waals surface area contributed by atoms with Crippen LogP contribution in [-0.4, -0.2) is 18.5 Å². The van der Waals surface area contributed by atoms with Crippen molar-refractivity contribution >= 4 is 17.5 Å². The van der Waals surface area contributed by atoms with Gasteiger partial charge in [-0.3, -0.25) is 4.79 Å². The summed E-state index contributed by atoms with van der Waals surface area (Å²) in [6.07, 6.45) is 5.22. The molecule has 2 aliphatic carbocycles. The summed E-state index contributed by atoms with van der Waals surface area (Å²) in [7, 11) is 0. The van der Waals surface area contributed by atoms with Gasteiger partial charge in [-0.25, -0.2) is 0 Å². The third kappa shape index (κ3) is 2.45. The fourth-order valence-electron chi connectivity index (χ4n) is 3.36. The molecule has 3 rings (SSSR count). The number of benzene rings is 1. The normalized spacial score (nSPS) is 27.3. The maximum Gasteiger partial charge on any atom is 0.230 e. The largest absolute Gasteiger partial charge is 0.352 e. The average Bonchev–Trinajstić information content (AvgIpc) is 3.15. The molecule has 108 valence electrons. The van der Waals surface area contributed by atoms with Crippen molar-refractivity contribution in [3.8, 4) is 0 Å². The summed E-state index contributed by atoms with van der Waals surface area (Å²) in [6, 6.07) is 7.94. The third-order valence-electron chi connectivity index (χ3n) is 4.86. The summed E-state index contributed by atoms with van der Waals surface area (Å²) in [4.78, 5) is 12.6. The minimum Gasteiger partial charge on any atom is -0.352 e. The van der Waals surface area contributed by atoms with Gasteiger partial charge in [0.15, 0.2) is 0 Å². The van der Waals surface area contributed by atoms with Gasteiger partial charge in [0.05, 0.1) is 5.41 Å². The Morgan fingerprint density at radius 2 is 2.00 bits per heavy atom. The first-order chi connectivity index (χ1) is 9.65. The van der Waals surface area contributed by atoms with Crippen LogP contribution >= 0.6 is 11.6 Å². The lowest BCUT2D eigenvalue weighted by molar-refractivity contribution is -0.124. The molecule has 2 fully saturated rings. The fraction of sp³-hybridized carbons (Fsp3) is 0.562. The van der Waals surface area contributed by atoms with Gasteiger partial charge in [-0.1, -0.05) is 30.2 Å². The zero-order valence-corrected chi connectivity index (χ0v) is 12.3. The van der Waals surface area contributed by atoms with Gasteiger partial charge in [0.2, 0.25) is 5.91 Å². The van der Waals surface area contributed by atoms with E-state index in [2.05, 4.69) is 5.32 Å². The first-order valence-corrected chi connectivity index (χ1v) is 7.80. The molecule has 3 nitrogen and oxygen atoms in total. The second-order valence-electron chi connectivity index (χ2n) is 6.10. The maximum absolute atomic E-state index is 12.6. The van der Waals surface area contributed by atoms with Crippen LogP contribution < -0.4 is 11.1 Å². The molecule has 1 aromatic carbocycles. The van der Waals surface area contributed by atoms with Crippen molar-refractivity contribution in [2.45, 2.75) is 43.6 Å². The van der Waals surface area contributed by atoms with Gasteiger partial charge in [0.25, 0.3) is 0 Å². The van der Waals surface area contributed by atoms with E-state index in [0.29, 0.717) is 17.5 Å². The standard InChI is InChI=1S/C16H21ClN2O/c17-13-6-4-12(5-7-13)16(8-9-16)15(20)19-14-3-1-2-11(14)10-18/h4-7,11,14H,1-3,8-10,18H2,(H,19,20). The highest BCUT2D eigenvalue weighted by Gasteiger charge is 2.51. The Hall–Kier alpha value is -1.06. The van der Waals surface area contributed by atoms with Gasteiger partial charge in [-0.2, -0.15) is 0 Å². The van der Waals surface area contributed by atoms with Crippen LogP contribution in [-0.2, 0) is 10.2 Å². The van der Waals surface area contributed by atoms with E-state index in [1.165, 1.54) is 6.42 Å².